The van der Waals surface area contributed by atoms with Crippen molar-refractivity contribution in [2.24, 2.45) is 0 Å². The maximum absolute atomic E-state index is 8.76. The zero-order valence-electron chi connectivity index (χ0n) is 7.54. The van der Waals surface area contributed by atoms with Gasteiger partial charge in [0.15, 0.2) is 0 Å². The van der Waals surface area contributed by atoms with Gasteiger partial charge < -0.3 is 9.84 Å². The molecular weight excluding hydrogens is 160 g/mol. The highest BCUT2D eigenvalue weighted by atomic mass is 32.2. The maximum atomic E-state index is 8.76. The van der Waals surface area contributed by atoms with Crippen LogP contribution < -0.4 is 0 Å². The maximum Gasteiger partial charge on any atom is 0.0547 e. The minimum absolute atomic E-state index is 0.266. The third-order valence-corrected chi connectivity index (χ3v) is 2.76. The van der Waals surface area contributed by atoms with E-state index in [0.717, 1.165) is 13.0 Å². The lowest BCUT2D eigenvalue weighted by Crippen LogP contribution is -2.10. The van der Waals surface area contributed by atoms with Gasteiger partial charge in [-0.05, 0) is 6.42 Å². The Morgan fingerprint density at radius 3 is 2.45 bits per heavy atom. The fourth-order valence-corrected chi connectivity index (χ4v) is 1.90. The van der Waals surface area contributed by atoms with E-state index in [2.05, 4.69) is 6.92 Å². The molecule has 1 N–H and O–H groups in total. The van der Waals surface area contributed by atoms with Crippen LogP contribution in [-0.4, -0.2) is 35.9 Å². The number of aliphatic hydroxyl groups excluding tert-OH is 1. The van der Waals surface area contributed by atoms with Crippen molar-refractivity contribution >= 4 is 11.8 Å². The van der Waals surface area contributed by atoms with Crippen molar-refractivity contribution in [1.82, 2.24) is 0 Å². The van der Waals surface area contributed by atoms with Gasteiger partial charge in [-0.25, -0.2) is 0 Å². The standard InChI is InChI=1S/C8H18O2S/c1-7(4-5-10-3)11-8(2)6-9/h7-9H,4-6H2,1-3H3. The summed E-state index contributed by atoms with van der Waals surface area (Å²) < 4.78 is 4.95. The molecule has 2 atom stereocenters. The van der Waals surface area contributed by atoms with Crippen molar-refractivity contribution in [2.75, 3.05) is 20.3 Å². The van der Waals surface area contributed by atoms with Crippen molar-refractivity contribution in [3.8, 4) is 0 Å². The monoisotopic (exact) mass is 178 g/mol. The first-order chi connectivity index (χ1) is 5.20. The van der Waals surface area contributed by atoms with Gasteiger partial charge in [-0.1, -0.05) is 13.8 Å². The highest BCUT2D eigenvalue weighted by Crippen LogP contribution is 2.19. The molecule has 0 spiro atoms. The Morgan fingerprint density at radius 2 is 2.00 bits per heavy atom. The van der Waals surface area contributed by atoms with Gasteiger partial charge in [0.05, 0.1) is 6.61 Å². The van der Waals surface area contributed by atoms with E-state index in [9.17, 15) is 0 Å². The molecule has 2 nitrogen and oxygen atoms in total. The molecule has 2 unspecified atom stereocenters. The zero-order valence-corrected chi connectivity index (χ0v) is 8.36. The Balaban J connectivity index is 3.27. The van der Waals surface area contributed by atoms with E-state index in [1.54, 1.807) is 7.11 Å². The van der Waals surface area contributed by atoms with Crippen molar-refractivity contribution in [2.45, 2.75) is 30.8 Å². The summed E-state index contributed by atoms with van der Waals surface area (Å²) in [7, 11) is 1.72. The van der Waals surface area contributed by atoms with Crippen LogP contribution in [0.5, 0.6) is 0 Å². The highest BCUT2D eigenvalue weighted by molar-refractivity contribution is 8.00. The predicted octanol–water partition coefficient (Wildman–Crippen LogP) is 1.53. The quantitative estimate of drug-likeness (QED) is 0.669. The Morgan fingerprint density at radius 1 is 1.36 bits per heavy atom. The van der Waals surface area contributed by atoms with Gasteiger partial charge in [-0.3, -0.25) is 0 Å². The minimum atomic E-state index is 0.266. The average Bonchev–Trinajstić information content (AvgIpc) is 2.00. The number of rotatable bonds is 6. The number of aliphatic hydroxyl groups is 1. The molecule has 0 aromatic carbocycles. The molecule has 0 radical (unpaired) electrons. The van der Waals surface area contributed by atoms with Crippen LogP contribution in [0.25, 0.3) is 0 Å². The van der Waals surface area contributed by atoms with E-state index in [1.807, 2.05) is 18.7 Å². The van der Waals surface area contributed by atoms with E-state index in [1.165, 1.54) is 0 Å². The Hall–Kier alpha value is 0.270. The zero-order chi connectivity index (χ0) is 8.69. The SMILES string of the molecule is COCCC(C)SC(C)CO. The van der Waals surface area contributed by atoms with Crippen LogP contribution in [0.15, 0.2) is 0 Å². The largest absolute Gasteiger partial charge is 0.395 e. The van der Waals surface area contributed by atoms with Crippen LogP contribution in [0, 0.1) is 0 Å². The molecule has 68 valence electrons. The van der Waals surface area contributed by atoms with E-state index >= 15 is 0 Å². The average molecular weight is 178 g/mol. The predicted molar refractivity (Wildman–Crippen MR) is 50.1 cm³/mol. The molecule has 0 saturated carbocycles. The van der Waals surface area contributed by atoms with Gasteiger partial charge in [0.25, 0.3) is 0 Å². The van der Waals surface area contributed by atoms with Gasteiger partial charge in [-0.15, -0.1) is 0 Å². The van der Waals surface area contributed by atoms with Crippen LogP contribution in [0.3, 0.4) is 0 Å². The van der Waals surface area contributed by atoms with E-state index in [0.29, 0.717) is 10.5 Å². The van der Waals surface area contributed by atoms with Crippen LogP contribution in [0.2, 0.25) is 0 Å². The first-order valence-corrected chi connectivity index (χ1v) is 4.90. The van der Waals surface area contributed by atoms with Crippen molar-refractivity contribution in [1.29, 1.82) is 0 Å². The minimum Gasteiger partial charge on any atom is -0.395 e. The Bertz CT molecular complexity index is 88.2. The second-order valence-corrected chi connectivity index (χ2v) is 4.60. The number of ether oxygens (including phenoxy) is 1. The Kier molecular flexibility index (Phi) is 7.12. The fraction of sp³-hybridized carbons (Fsp3) is 1.00. The van der Waals surface area contributed by atoms with Crippen molar-refractivity contribution in [3.63, 3.8) is 0 Å². The summed E-state index contributed by atoms with van der Waals surface area (Å²) in [6, 6.07) is 0. The van der Waals surface area contributed by atoms with Crippen LogP contribution in [-0.2, 0) is 4.74 Å². The van der Waals surface area contributed by atoms with Gasteiger partial charge >= 0.3 is 0 Å². The first-order valence-electron chi connectivity index (χ1n) is 3.96. The van der Waals surface area contributed by atoms with Gasteiger partial charge in [0.1, 0.15) is 0 Å². The number of hydrogen-bond donors (Lipinski definition) is 1. The Labute approximate surface area is 73.3 Å². The lowest BCUT2D eigenvalue weighted by Gasteiger charge is -2.14. The van der Waals surface area contributed by atoms with Gasteiger partial charge in [0, 0.05) is 24.2 Å². The second kappa shape index (κ2) is 6.95. The van der Waals surface area contributed by atoms with Gasteiger partial charge in [-0.2, -0.15) is 11.8 Å². The lowest BCUT2D eigenvalue weighted by atomic mass is 10.3. The molecule has 11 heavy (non-hydrogen) atoms. The summed E-state index contributed by atoms with van der Waals surface area (Å²) in [4.78, 5) is 0. The van der Waals surface area contributed by atoms with E-state index in [4.69, 9.17) is 9.84 Å². The van der Waals surface area contributed by atoms with E-state index in [-0.39, 0.29) is 6.61 Å². The third-order valence-electron chi connectivity index (χ3n) is 1.45. The summed E-state index contributed by atoms with van der Waals surface area (Å²) in [5, 5.41) is 9.69. The highest BCUT2D eigenvalue weighted by Gasteiger charge is 2.07. The number of methoxy groups -OCH3 is 1. The van der Waals surface area contributed by atoms with Crippen LogP contribution in [0.4, 0.5) is 0 Å². The van der Waals surface area contributed by atoms with Crippen molar-refractivity contribution in [3.05, 3.63) is 0 Å². The van der Waals surface area contributed by atoms with Crippen LogP contribution >= 0.6 is 11.8 Å². The molecule has 0 bridgehead atoms. The third kappa shape index (κ3) is 6.66. The molecule has 0 aromatic rings. The first kappa shape index (κ1) is 11.3. The van der Waals surface area contributed by atoms with Gasteiger partial charge in [0.2, 0.25) is 0 Å². The smallest absolute Gasteiger partial charge is 0.0547 e. The summed E-state index contributed by atoms with van der Waals surface area (Å²) in [6.45, 7) is 5.28. The van der Waals surface area contributed by atoms with E-state index < -0.39 is 0 Å². The summed E-state index contributed by atoms with van der Waals surface area (Å²) in [5.74, 6) is 0. The summed E-state index contributed by atoms with van der Waals surface area (Å²) in [6.07, 6.45) is 1.06. The lowest BCUT2D eigenvalue weighted by molar-refractivity contribution is 0.195. The molecule has 0 aliphatic carbocycles. The van der Waals surface area contributed by atoms with Crippen LogP contribution in [0.1, 0.15) is 20.3 Å². The molecule has 0 rings (SSSR count). The molecule has 0 heterocycles. The molecule has 0 aromatic heterocycles. The molecule has 0 aliphatic heterocycles. The van der Waals surface area contributed by atoms with Crippen molar-refractivity contribution < 1.29 is 9.84 Å². The normalized spacial score (nSPS) is 16.4. The number of hydrogen-bond acceptors (Lipinski definition) is 3. The molecular formula is C8H18O2S. The summed E-state index contributed by atoms with van der Waals surface area (Å²) in [5.41, 5.74) is 0. The molecule has 0 fully saturated rings. The molecule has 3 heteroatoms. The summed E-state index contributed by atoms with van der Waals surface area (Å²) >= 11 is 1.81. The molecule has 0 amide bonds. The number of thioether (sulfide) groups is 1. The topological polar surface area (TPSA) is 29.5 Å². The molecule has 0 aliphatic rings. The molecule has 0 saturated heterocycles. The fourth-order valence-electron chi connectivity index (χ4n) is 0.791. The second-order valence-electron chi connectivity index (χ2n) is 2.72.